The topological polar surface area (TPSA) is 49.8 Å². The van der Waals surface area contributed by atoms with Crippen molar-refractivity contribution in [1.29, 1.82) is 0 Å². The fraction of sp³-hybridized carbons (Fsp3) is 0.0435. The summed E-state index contributed by atoms with van der Waals surface area (Å²) in [5, 5.41) is 6.72. The second-order valence-electron chi connectivity index (χ2n) is 6.27. The highest BCUT2D eigenvalue weighted by molar-refractivity contribution is 5.75. The standard InChI is InChI=1S/C23H20N4/c1-17-16-19(18-8-4-2-5-9-18)12-13-21(17)27-23-22(24-14-15-25-23)26-20-10-6-3-7-11-20/h2-16H,1H3,(H,24,26)(H,25,27). The second-order valence-corrected chi connectivity index (χ2v) is 6.27. The van der Waals surface area contributed by atoms with E-state index in [-0.39, 0.29) is 0 Å². The molecular weight excluding hydrogens is 332 g/mol. The van der Waals surface area contributed by atoms with Crippen molar-refractivity contribution in [1.82, 2.24) is 9.97 Å². The zero-order valence-electron chi connectivity index (χ0n) is 15.1. The van der Waals surface area contributed by atoms with Crippen molar-refractivity contribution in [2.24, 2.45) is 0 Å². The number of benzene rings is 3. The highest BCUT2D eigenvalue weighted by atomic mass is 15.1. The minimum Gasteiger partial charge on any atom is -0.337 e. The molecule has 1 heterocycles. The maximum atomic E-state index is 4.46. The van der Waals surface area contributed by atoms with Crippen LogP contribution in [0.15, 0.2) is 91.3 Å². The van der Waals surface area contributed by atoms with Crippen LogP contribution < -0.4 is 10.6 Å². The van der Waals surface area contributed by atoms with Gasteiger partial charge in [0.05, 0.1) is 0 Å². The van der Waals surface area contributed by atoms with Crippen LogP contribution in [0.5, 0.6) is 0 Å². The number of hydrogen-bond donors (Lipinski definition) is 2. The van der Waals surface area contributed by atoms with Crippen molar-refractivity contribution in [3.8, 4) is 11.1 Å². The van der Waals surface area contributed by atoms with Gasteiger partial charge < -0.3 is 10.6 Å². The number of aromatic nitrogens is 2. The first kappa shape index (κ1) is 16.8. The molecule has 0 bridgehead atoms. The van der Waals surface area contributed by atoms with Crippen LogP contribution in [0.1, 0.15) is 5.56 Å². The van der Waals surface area contributed by atoms with E-state index < -0.39 is 0 Å². The van der Waals surface area contributed by atoms with E-state index in [0.717, 1.165) is 16.9 Å². The molecule has 0 fully saturated rings. The lowest BCUT2D eigenvalue weighted by atomic mass is 10.0. The Labute approximate surface area is 159 Å². The molecule has 0 aliphatic rings. The second kappa shape index (κ2) is 7.70. The zero-order chi connectivity index (χ0) is 18.5. The van der Waals surface area contributed by atoms with Crippen LogP contribution in [-0.2, 0) is 0 Å². The summed E-state index contributed by atoms with van der Waals surface area (Å²) < 4.78 is 0. The van der Waals surface area contributed by atoms with E-state index in [1.54, 1.807) is 12.4 Å². The molecule has 4 aromatic rings. The van der Waals surface area contributed by atoms with Crippen molar-refractivity contribution in [3.63, 3.8) is 0 Å². The SMILES string of the molecule is Cc1cc(-c2ccccc2)ccc1Nc1nccnc1Nc1ccccc1. The van der Waals surface area contributed by atoms with Gasteiger partial charge in [0.1, 0.15) is 0 Å². The molecule has 132 valence electrons. The van der Waals surface area contributed by atoms with Crippen LogP contribution in [0.3, 0.4) is 0 Å². The van der Waals surface area contributed by atoms with Gasteiger partial charge in [-0.15, -0.1) is 0 Å². The molecule has 4 nitrogen and oxygen atoms in total. The first-order chi connectivity index (χ1) is 13.3. The molecule has 0 saturated heterocycles. The van der Waals surface area contributed by atoms with Crippen LogP contribution in [0.25, 0.3) is 11.1 Å². The van der Waals surface area contributed by atoms with Crippen LogP contribution in [0.2, 0.25) is 0 Å². The fourth-order valence-electron chi connectivity index (χ4n) is 2.92. The monoisotopic (exact) mass is 352 g/mol. The summed E-state index contributed by atoms with van der Waals surface area (Å²) in [5.41, 5.74) is 5.52. The Morgan fingerprint density at radius 2 is 1.26 bits per heavy atom. The molecule has 0 aliphatic heterocycles. The Kier molecular flexibility index (Phi) is 4.79. The third kappa shape index (κ3) is 3.96. The highest BCUT2D eigenvalue weighted by Gasteiger charge is 2.08. The number of nitrogens with zero attached hydrogens (tertiary/aromatic N) is 2. The Balaban J connectivity index is 1.59. The van der Waals surface area contributed by atoms with Crippen molar-refractivity contribution in [2.45, 2.75) is 6.92 Å². The molecular formula is C23H20N4. The molecule has 0 unspecified atom stereocenters. The molecule has 3 aromatic carbocycles. The Morgan fingerprint density at radius 1 is 0.630 bits per heavy atom. The largest absolute Gasteiger partial charge is 0.337 e. The van der Waals surface area contributed by atoms with E-state index in [0.29, 0.717) is 11.6 Å². The lowest BCUT2D eigenvalue weighted by Gasteiger charge is -2.14. The van der Waals surface area contributed by atoms with Gasteiger partial charge in [0.25, 0.3) is 0 Å². The van der Waals surface area contributed by atoms with Crippen molar-refractivity contribution in [2.75, 3.05) is 10.6 Å². The predicted octanol–water partition coefficient (Wildman–Crippen LogP) is 5.94. The van der Waals surface area contributed by atoms with Gasteiger partial charge >= 0.3 is 0 Å². The third-order valence-corrected chi connectivity index (χ3v) is 4.32. The Hall–Kier alpha value is -3.66. The third-order valence-electron chi connectivity index (χ3n) is 4.32. The number of para-hydroxylation sites is 1. The maximum absolute atomic E-state index is 4.46. The molecule has 2 N–H and O–H groups in total. The van der Waals surface area contributed by atoms with Crippen molar-refractivity contribution >= 4 is 23.0 Å². The van der Waals surface area contributed by atoms with E-state index in [1.807, 2.05) is 36.4 Å². The summed E-state index contributed by atoms with van der Waals surface area (Å²) in [6.45, 7) is 2.09. The molecule has 27 heavy (non-hydrogen) atoms. The first-order valence-electron chi connectivity index (χ1n) is 8.86. The van der Waals surface area contributed by atoms with Crippen LogP contribution in [-0.4, -0.2) is 9.97 Å². The molecule has 0 atom stereocenters. The predicted molar refractivity (Wildman–Crippen MR) is 112 cm³/mol. The molecule has 0 amide bonds. The number of hydrogen-bond acceptors (Lipinski definition) is 4. The quantitative estimate of drug-likeness (QED) is 0.467. The maximum Gasteiger partial charge on any atom is 0.173 e. The molecule has 4 heteroatoms. The normalized spacial score (nSPS) is 10.4. The summed E-state index contributed by atoms with van der Waals surface area (Å²) in [6.07, 6.45) is 3.37. The molecule has 1 aromatic heterocycles. The number of rotatable bonds is 5. The highest BCUT2D eigenvalue weighted by Crippen LogP contribution is 2.29. The van der Waals surface area contributed by atoms with Gasteiger partial charge in [-0.25, -0.2) is 9.97 Å². The van der Waals surface area contributed by atoms with Crippen molar-refractivity contribution < 1.29 is 0 Å². The summed E-state index contributed by atoms with van der Waals surface area (Å²) >= 11 is 0. The average molecular weight is 352 g/mol. The summed E-state index contributed by atoms with van der Waals surface area (Å²) in [6, 6.07) is 26.7. The van der Waals surface area contributed by atoms with Gasteiger partial charge in [0.15, 0.2) is 11.6 Å². The number of nitrogens with one attached hydrogen (secondary N) is 2. The first-order valence-corrected chi connectivity index (χ1v) is 8.86. The fourth-order valence-corrected chi connectivity index (χ4v) is 2.92. The Morgan fingerprint density at radius 3 is 1.93 bits per heavy atom. The molecule has 0 spiro atoms. The van der Waals surface area contributed by atoms with Gasteiger partial charge in [-0.2, -0.15) is 0 Å². The Bertz CT molecular complexity index is 1030. The minimum absolute atomic E-state index is 0.690. The average Bonchev–Trinajstić information content (AvgIpc) is 2.72. The molecule has 0 aliphatic carbocycles. The van der Waals surface area contributed by atoms with Crippen LogP contribution in [0, 0.1) is 6.92 Å². The lowest BCUT2D eigenvalue weighted by molar-refractivity contribution is 1.19. The van der Waals surface area contributed by atoms with E-state index >= 15 is 0 Å². The van der Waals surface area contributed by atoms with Gasteiger partial charge in [-0.3, -0.25) is 0 Å². The zero-order valence-corrected chi connectivity index (χ0v) is 15.1. The van der Waals surface area contributed by atoms with E-state index in [9.17, 15) is 0 Å². The number of aryl methyl sites for hydroxylation is 1. The van der Waals surface area contributed by atoms with Gasteiger partial charge in [0, 0.05) is 23.8 Å². The molecule has 0 radical (unpaired) electrons. The van der Waals surface area contributed by atoms with Gasteiger partial charge in [0.2, 0.25) is 0 Å². The van der Waals surface area contributed by atoms with Crippen LogP contribution >= 0.6 is 0 Å². The lowest BCUT2D eigenvalue weighted by Crippen LogP contribution is -2.02. The van der Waals surface area contributed by atoms with Crippen LogP contribution in [0.4, 0.5) is 23.0 Å². The molecule has 0 saturated carbocycles. The van der Waals surface area contributed by atoms with E-state index in [2.05, 4.69) is 70.0 Å². The summed E-state index contributed by atoms with van der Waals surface area (Å²) in [5.74, 6) is 1.38. The smallest absolute Gasteiger partial charge is 0.173 e. The van der Waals surface area contributed by atoms with Gasteiger partial charge in [-0.1, -0.05) is 54.6 Å². The summed E-state index contributed by atoms with van der Waals surface area (Å²) in [7, 11) is 0. The van der Waals surface area contributed by atoms with E-state index in [4.69, 9.17) is 0 Å². The van der Waals surface area contributed by atoms with E-state index in [1.165, 1.54) is 11.1 Å². The summed E-state index contributed by atoms with van der Waals surface area (Å²) in [4.78, 5) is 8.88. The van der Waals surface area contributed by atoms with Gasteiger partial charge in [-0.05, 0) is 47.9 Å². The number of anilines is 4. The molecule has 4 rings (SSSR count). The minimum atomic E-state index is 0.690. The van der Waals surface area contributed by atoms with Crippen molar-refractivity contribution in [3.05, 3.63) is 96.8 Å².